The first-order valence-electron chi connectivity index (χ1n) is 4.78. The van der Waals surface area contributed by atoms with Crippen LogP contribution in [0.1, 0.15) is 18.4 Å². The first-order chi connectivity index (χ1) is 6.85. The minimum Gasteiger partial charge on any atom is -0.446 e. The maximum atomic E-state index is 5.46. The summed E-state index contributed by atoms with van der Waals surface area (Å²) in [6, 6.07) is 1.90. The van der Waals surface area contributed by atoms with Gasteiger partial charge in [0, 0.05) is 6.42 Å². The summed E-state index contributed by atoms with van der Waals surface area (Å²) >= 11 is 0. The Bertz CT molecular complexity index is 436. The SMILES string of the molecule is CCc1nc(CCN)nc2occc12. The van der Waals surface area contributed by atoms with Crippen molar-refractivity contribution < 1.29 is 4.42 Å². The predicted octanol–water partition coefficient (Wildman–Crippen LogP) is 1.29. The number of hydrogen-bond acceptors (Lipinski definition) is 4. The van der Waals surface area contributed by atoms with Crippen molar-refractivity contribution in [1.82, 2.24) is 9.97 Å². The van der Waals surface area contributed by atoms with E-state index in [2.05, 4.69) is 16.9 Å². The van der Waals surface area contributed by atoms with Gasteiger partial charge in [0.25, 0.3) is 0 Å². The van der Waals surface area contributed by atoms with E-state index in [0.29, 0.717) is 18.7 Å². The summed E-state index contributed by atoms with van der Waals surface area (Å²) in [5.41, 5.74) is 7.16. The number of hydrogen-bond donors (Lipinski definition) is 1. The van der Waals surface area contributed by atoms with Crippen molar-refractivity contribution in [3.05, 3.63) is 23.8 Å². The van der Waals surface area contributed by atoms with Crippen molar-refractivity contribution in [2.75, 3.05) is 6.54 Å². The summed E-state index contributed by atoms with van der Waals surface area (Å²) < 4.78 is 5.26. The smallest absolute Gasteiger partial charge is 0.229 e. The maximum Gasteiger partial charge on any atom is 0.229 e. The fourth-order valence-electron chi connectivity index (χ4n) is 1.48. The van der Waals surface area contributed by atoms with Crippen LogP contribution in [0.25, 0.3) is 11.1 Å². The lowest BCUT2D eigenvalue weighted by Gasteiger charge is -2.01. The average Bonchev–Trinajstić information content (AvgIpc) is 2.65. The topological polar surface area (TPSA) is 64.9 Å². The number of rotatable bonds is 3. The minimum atomic E-state index is 0.565. The Morgan fingerprint density at radius 3 is 3.00 bits per heavy atom. The van der Waals surface area contributed by atoms with Crippen molar-refractivity contribution in [3.63, 3.8) is 0 Å². The van der Waals surface area contributed by atoms with E-state index >= 15 is 0 Å². The Kier molecular flexibility index (Phi) is 2.45. The monoisotopic (exact) mass is 191 g/mol. The molecule has 0 spiro atoms. The van der Waals surface area contributed by atoms with Gasteiger partial charge in [0.2, 0.25) is 5.71 Å². The van der Waals surface area contributed by atoms with Crippen LogP contribution in [0.2, 0.25) is 0 Å². The van der Waals surface area contributed by atoms with E-state index in [4.69, 9.17) is 10.2 Å². The maximum absolute atomic E-state index is 5.46. The van der Waals surface area contributed by atoms with Crippen molar-refractivity contribution in [3.8, 4) is 0 Å². The van der Waals surface area contributed by atoms with E-state index in [0.717, 1.165) is 23.3 Å². The molecule has 0 fully saturated rings. The number of furan rings is 1. The molecule has 2 aromatic heterocycles. The molecule has 2 rings (SSSR count). The summed E-state index contributed by atoms with van der Waals surface area (Å²) in [5.74, 6) is 0.770. The number of fused-ring (bicyclic) bond motifs is 1. The third-order valence-electron chi connectivity index (χ3n) is 2.15. The molecule has 2 N–H and O–H groups in total. The fourth-order valence-corrected chi connectivity index (χ4v) is 1.48. The summed E-state index contributed by atoms with van der Waals surface area (Å²) in [4.78, 5) is 8.71. The molecule has 4 heteroatoms. The van der Waals surface area contributed by atoms with Crippen LogP contribution in [0, 0.1) is 0 Å². The van der Waals surface area contributed by atoms with Gasteiger partial charge < -0.3 is 10.2 Å². The molecule has 74 valence electrons. The zero-order valence-corrected chi connectivity index (χ0v) is 8.16. The van der Waals surface area contributed by atoms with Gasteiger partial charge in [-0.3, -0.25) is 0 Å². The Balaban J connectivity index is 2.55. The molecule has 0 aliphatic carbocycles. The normalized spacial score (nSPS) is 11.0. The molecule has 4 nitrogen and oxygen atoms in total. The molecular weight excluding hydrogens is 178 g/mol. The first-order valence-corrected chi connectivity index (χ1v) is 4.78. The molecule has 0 saturated carbocycles. The molecule has 2 heterocycles. The molecule has 0 aromatic carbocycles. The van der Waals surface area contributed by atoms with Crippen LogP contribution in [-0.4, -0.2) is 16.5 Å². The van der Waals surface area contributed by atoms with Gasteiger partial charge in [-0.15, -0.1) is 0 Å². The van der Waals surface area contributed by atoms with E-state index in [1.54, 1.807) is 6.26 Å². The van der Waals surface area contributed by atoms with Crippen LogP contribution in [-0.2, 0) is 12.8 Å². The van der Waals surface area contributed by atoms with Crippen LogP contribution < -0.4 is 5.73 Å². The van der Waals surface area contributed by atoms with Gasteiger partial charge in [0.15, 0.2) is 0 Å². The van der Waals surface area contributed by atoms with Gasteiger partial charge in [-0.2, -0.15) is 4.98 Å². The fraction of sp³-hybridized carbons (Fsp3) is 0.400. The van der Waals surface area contributed by atoms with E-state index in [-0.39, 0.29) is 0 Å². The highest BCUT2D eigenvalue weighted by molar-refractivity contribution is 5.75. The van der Waals surface area contributed by atoms with Crippen LogP contribution in [0.15, 0.2) is 16.7 Å². The lowest BCUT2D eigenvalue weighted by Crippen LogP contribution is -2.07. The Morgan fingerprint density at radius 1 is 1.43 bits per heavy atom. The Morgan fingerprint density at radius 2 is 2.29 bits per heavy atom. The quantitative estimate of drug-likeness (QED) is 0.793. The standard InChI is InChI=1S/C10H13N3O/c1-2-8-7-4-6-14-10(7)13-9(12-8)3-5-11/h4,6H,2-3,5,11H2,1H3. The van der Waals surface area contributed by atoms with E-state index < -0.39 is 0 Å². The summed E-state index contributed by atoms with van der Waals surface area (Å²) in [6.07, 6.45) is 3.23. The second-order valence-corrected chi connectivity index (χ2v) is 3.12. The van der Waals surface area contributed by atoms with Gasteiger partial charge in [-0.1, -0.05) is 6.92 Å². The summed E-state index contributed by atoms with van der Waals surface area (Å²) in [7, 11) is 0. The van der Waals surface area contributed by atoms with Crippen LogP contribution in [0.3, 0.4) is 0 Å². The summed E-state index contributed by atoms with van der Waals surface area (Å²) in [6.45, 7) is 2.64. The Labute approximate surface area is 82.1 Å². The molecule has 0 radical (unpaired) electrons. The molecule has 0 bridgehead atoms. The lowest BCUT2D eigenvalue weighted by molar-refractivity contribution is 0.598. The highest BCUT2D eigenvalue weighted by Crippen LogP contribution is 2.17. The van der Waals surface area contributed by atoms with Gasteiger partial charge >= 0.3 is 0 Å². The largest absolute Gasteiger partial charge is 0.446 e. The first kappa shape index (κ1) is 9.15. The Hall–Kier alpha value is -1.42. The van der Waals surface area contributed by atoms with Gasteiger partial charge in [-0.05, 0) is 19.0 Å². The van der Waals surface area contributed by atoms with Crippen molar-refractivity contribution in [1.29, 1.82) is 0 Å². The zero-order chi connectivity index (χ0) is 9.97. The number of aromatic nitrogens is 2. The van der Waals surface area contributed by atoms with Crippen LogP contribution >= 0.6 is 0 Å². The molecule has 0 unspecified atom stereocenters. The third-order valence-corrected chi connectivity index (χ3v) is 2.15. The van der Waals surface area contributed by atoms with Crippen LogP contribution in [0.5, 0.6) is 0 Å². The van der Waals surface area contributed by atoms with Crippen LogP contribution in [0.4, 0.5) is 0 Å². The average molecular weight is 191 g/mol. The molecule has 0 saturated heterocycles. The lowest BCUT2D eigenvalue weighted by atomic mass is 10.2. The van der Waals surface area contributed by atoms with Gasteiger partial charge in [0.05, 0.1) is 17.3 Å². The summed E-state index contributed by atoms with van der Waals surface area (Å²) in [5, 5.41) is 1.01. The van der Waals surface area contributed by atoms with Crippen molar-refractivity contribution in [2.24, 2.45) is 5.73 Å². The number of nitrogens with zero attached hydrogens (tertiary/aromatic N) is 2. The van der Waals surface area contributed by atoms with Gasteiger partial charge in [0.1, 0.15) is 5.82 Å². The zero-order valence-electron chi connectivity index (χ0n) is 8.16. The molecule has 2 aromatic rings. The third kappa shape index (κ3) is 1.48. The van der Waals surface area contributed by atoms with Gasteiger partial charge in [-0.25, -0.2) is 4.98 Å². The molecule has 0 aliphatic heterocycles. The molecular formula is C10H13N3O. The minimum absolute atomic E-state index is 0.565. The second kappa shape index (κ2) is 3.75. The highest BCUT2D eigenvalue weighted by Gasteiger charge is 2.07. The molecule has 0 aliphatic rings. The molecule has 0 atom stereocenters. The number of nitrogens with two attached hydrogens (primary N) is 1. The number of aryl methyl sites for hydroxylation is 1. The molecule has 0 amide bonds. The second-order valence-electron chi connectivity index (χ2n) is 3.12. The van der Waals surface area contributed by atoms with Crippen molar-refractivity contribution in [2.45, 2.75) is 19.8 Å². The van der Waals surface area contributed by atoms with Crippen molar-refractivity contribution >= 4 is 11.1 Å². The van der Waals surface area contributed by atoms with E-state index in [9.17, 15) is 0 Å². The molecule has 14 heavy (non-hydrogen) atoms. The van der Waals surface area contributed by atoms with E-state index in [1.807, 2.05) is 6.07 Å². The van der Waals surface area contributed by atoms with E-state index in [1.165, 1.54) is 0 Å². The highest BCUT2D eigenvalue weighted by atomic mass is 16.3. The predicted molar refractivity (Wildman–Crippen MR) is 53.9 cm³/mol.